The van der Waals surface area contributed by atoms with Crippen molar-refractivity contribution in [3.8, 4) is 11.8 Å². The molecular formula is C18H22O2. The summed E-state index contributed by atoms with van der Waals surface area (Å²) >= 11 is 0. The van der Waals surface area contributed by atoms with Crippen molar-refractivity contribution in [1.29, 1.82) is 0 Å². The van der Waals surface area contributed by atoms with Gasteiger partial charge in [0.05, 0.1) is 6.61 Å². The van der Waals surface area contributed by atoms with E-state index in [2.05, 4.69) is 18.8 Å². The van der Waals surface area contributed by atoms with E-state index in [4.69, 9.17) is 4.74 Å². The van der Waals surface area contributed by atoms with Crippen LogP contribution in [0.25, 0.3) is 6.08 Å². The fourth-order valence-corrected chi connectivity index (χ4v) is 1.46. The number of carbonyl (C=O) groups excluding carboxylic acids is 1. The van der Waals surface area contributed by atoms with E-state index < -0.39 is 0 Å². The van der Waals surface area contributed by atoms with Gasteiger partial charge in [-0.3, -0.25) is 0 Å². The third-order valence-electron chi connectivity index (χ3n) is 2.48. The van der Waals surface area contributed by atoms with E-state index in [-0.39, 0.29) is 5.97 Å². The molecule has 106 valence electrons. The fourth-order valence-electron chi connectivity index (χ4n) is 1.46. The van der Waals surface area contributed by atoms with Crippen LogP contribution in [-0.2, 0) is 9.53 Å². The van der Waals surface area contributed by atoms with Gasteiger partial charge in [-0.05, 0) is 24.0 Å². The molecule has 0 aliphatic heterocycles. The first-order valence-electron chi connectivity index (χ1n) is 7.06. The van der Waals surface area contributed by atoms with Crippen LogP contribution >= 0.6 is 0 Å². The molecule has 0 spiro atoms. The molecule has 0 radical (unpaired) electrons. The third kappa shape index (κ3) is 6.24. The zero-order chi connectivity index (χ0) is 14.8. The number of benzene rings is 1. The van der Waals surface area contributed by atoms with Crippen molar-refractivity contribution in [1.82, 2.24) is 0 Å². The number of ether oxygens (including phenoxy) is 1. The van der Waals surface area contributed by atoms with E-state index >= 15 is 0 Å². The number of esters is 1. The second-order valence-electron chi connectivity index (χ2n) is 5.01. The van der Waals surface area contributed by atoms with Crippen molar-refractivity contribution in [2.45, 2.75) is 33.6 Å². The van der Waals surface area contributed by atoms with E-state index in [0.717, 1.165) is 18.4 Å². The monoisotopic (exact) mass is 270 g/mol. The van der Waals surface area contributed by atoms with Crippen molar-refractivity contribution >= 4 is 12.0 Å². The van der Waals surface area contributed by atoms with Crippen molar-refractivity contribution in [2.75, 3.05) is 6.61 Å². The Labute approximate surface area is 121 Å². The first-order chi connectivity index (χ1) is 9.63. The molecule has 0 N–H and O–H groups in total. The summed E-state index contributed by atoms with van der Waals surface area (Å²) in [4.78, 5) is 12.1. The lowest BCUT2D eigenvalue weighted by Crippen LogP contribution is -2.11. The third-order valence-corrected chi connectivity index (χ3v) is 2.48. The van der Waals surface area contributed by atoms with Crippen LogP contribution in [0.1, 0.15) is 39.2 Å². The van der Waals surface area contributed by atoms with Crippen LogP contribution in [0.5, 0.6) is 0 Å². The predicted octanol–water partition coefficient (Wildman–Crippen LogP) is 4.07. The van der Waals surface area contributed by atoms with Crippen LogP contribution in [0.2, 0.25) is 0 Å². The highest BCUT2D eigenvalue weighted by atomic mass is 16.5. The van der Waals surface area contributed by atoms with Crippen LogP contribution in [-0.4, -0.2) is 12.6 Å². The van der Waals surface area contributed by atoms with Gasteiger partial charge in [-0.25, -0.2) is 4.79 Å². The van der Waals surface area contributed by atoms with Crippen molar-refractivity contribution in [3.05, 3.63) is 41.5 Å². The molecule has 2 nitrogen and oxygen atoms in total. The number of hydrogen-bond donors (Lipinski definition) is 0. The fraction of sp³-hybridized carbons (Fsp3) is 0.389. The van der Waals surface area contributed by atoms with Crippen molar-refractivity contribution < 1.29 is 9.53 Å². The van der Waals surface area contributed by atoms with E-state index in [9.17, 15) is 4.79 Å². The lowest BCUT2D eigenvalue weighted by atomic mass is 10.1. The molecule has 0 aliphatic rings. The van der Waals surface area contributed by atoms with Crippen LogP contribution in [0.3, 0.4) is 0 Å². The highest BCUT2D eigenvalue weighted by Crippen LogP contribution is 2.08. The number of rotatable bonds is 5. The number of hydrogen-bond acceptors (Lipinski definition) is 2. The molecule has 2 heteroatoms. The van der Waals surface area contributed by atoms with E-state index in [1.807, 2.05) is 44.2 Å². The average molecular weight is 270 g/mol. The SMILES string of the molecule is CCCC#CC(=Cc1ccccc1)C(=O)OCC(C)C. The van der Waals surface area contributed by atoms with Crippen LogP contribution in [0.4, 0.5) is 0 Å². The highest BCUT2D eigenvalue weighted by molar-refractivity contribution is 5.98. The summed E-state index contributed by atoms with van der Waals surface area (Å²) in [5, 5.41) is 0. The van der Waals surface area contributed by atoms with E-state index in [1.54, 1.807) is 6.08 Å². The van der Waals surface area contributed by atoms with Gasteiger partial charge in [-0.2, -0.15) is 0 Å². The maximum atomic E-state index is 12.1. The minimum Gasteiger partial charge on any atom is -0.461 e. The molecule has 0 atom stereocenters. The lowest BCUT2D eigenvalue weighted by molar-refractivity contribution is -0.139. The van der Waals surface area contributed by atoms with Gasteiger partial charge in [-0.1, -0.05) is 62.9 Å². The summed E-state index contributed by atoms with van der Waals surface area (Å²) in [6, 6.07) is 9.69. The maximum Gasteiger partial charge on any atom is 0.346 e. The van der Waals surface area contributed by atoms with Gasteiger partial charge in [0.25, 0.3) is 0 Å². The molecule has 0 saturated carbocycles. The standard InChI is InChI=1S/C18H22O2/c1-4-5-7-12-17(18(19)20-14-15(2)3)13-16-10-8-6-9-11-16/h6,8-11,13,15H,4-5,14H2,1-3H3. The van der Waals surface area contributed by atoms with Gasteiger partial charge < -0.3 is 4.74 Å². The highest BCUT2D eigenvalue weighted by Gasteiger charge is 2.09. The molecule has 1 aromatic carbocycles. The van der Waals surface area contributed by atoms with Gasteiger partial charge in [0.15, 0.2) is 0 Å². The van der Waals surface area contributed by atoms with Gasteiger partial charge in [-0.15, -0.1) is 0 Å². The average Bonchev–Trinajstić information content (AvgIpc) is 2.45. The summed E-state index contributed by atoms with van der Waals surface area (Å²) in [6.45, 7) is 6.50. The molecule has 0 bridgehead atoms. The van der Waals surface area contributed by atoms with Crippen molar-refractivity contribution in [2.24, 2.45) is 5.92 Å². The first-order valence-corrected chi connectivity index (χ1v) is 7.06. The molecule has 1 rings (SSSR count). The Hall–Kier alpha value is -2.01. The van der Waals surface area contributed by atoms with Crippen LogP contribution < -0.4 is 0 Å². The molecule has 0 amide bonds. The normalized spacial score (nSPS) is 10.9. The smallest absolute Gasteiger partial charge is 0.346 e. The summed E-state index contributed by atoms with van der Waals surface area (Å²) in [5.41, 5.74) is 1.38. The van der Waals surface area contributed by atoms with Gasteiger partial charge in [0.1, 0.15) is 5.57 Å². The Morgan fingerprint density at radius 2 is 2.00 bits per heavy atom. The van der Waals surface area contributed by atoms with Gasteiger partial charge in [0.2, 0.25) is 0 Å². The summed E-state index contributed by atoms with van der Waals surface area (Å²) in [7, 11) is 0. The molecule has 0 unspecified atom stereocenters. The zero-order valence-electron chi connectivity index (χ0n) is 12.5. The Morgan fingerprint density at radius 3 is 2.60 bits per heavy atom. The summed E-state index contributed by atoms with van der Waals surface area (Å²) in [6.07, 6.45) is 3.54. The Balaban J connectivity index is 2.88. The molecule has 0 heterocycles. The van der Waals surface area contributed by atoms with Crippen LogP contribution in [0, 0.1) is 17.8 Å². The first kappa shape index (κ1) is 16.0. The van der Waals surface area contributed by atoms with Crippen molar-refractivity contribution in [3.63, 3.8) is 0 Å². The number of carbonyl (C=O) groups is 1. The topological polar surface area (TPSA) is 26.3 Å². The molecule has 20 heavy (non-hydrogen) atoms. The Morgan fingerprint density at radius 1 is 1.30 bits per heavy atom. The summed E-state index contributed by atoms with van der Waals surface area (Å²) in [5.74, 6) is 5.91. The molecular weight excluding hydrogens is 248 g/mol. The van der Waals surface area contributed by atoms with Gasteiger partial charge >= 0.3 is 5.97 Å². The van der Waals surface area contributed by atoms with Crippen LogP contribution in [0.15, 0.2) is 35.9 Å². The molecule has 1 aromatic rings. The zero-order valence-corrected chi connectivity index (χ0v) is 12.5. The molecule has 0 aliphatic carbocycles. The van der Waals surface area contributed by atoms with E-state index in [0.29, 0.717) is 18.1 Å². The predicted molar refractivity (Wildman–Crippen MR) is 82.9 cm³/mol. The van der Waals surface area contributed by atoms with Gasteiger partial charge in [0, 0.05) is 6.42 Å². The minimum absolute atomic E-state index is 0.320. The Bertz CT molecular complexity index is 501. The second kappa shape index (κ2) is 8.98. The van der Waals surface area contributed by atoms with E-state index in [1.165, 1.54) is 0 Å². The quantitative estimate of drug-likeness (QED) is 0.458. The Kier molecular flexibility index (Phi) is 7.21. The largest absolute Gasteiger partial charge is 0.461 e. The molecule has 0 aromatic heterocycles. The second-order valence-corrected chi connectivity index (χ2v) is 5.01. The summed E-state index contributed by atoms with van der Waals surface area (Å²) < 4.78 is 5.26. The number of unbranched alkanes of at least 4 members (excludes halogenated alkanes) is 1. The maximum absolute atomic E-state index is 12.1. The lowest BCUT2D eigenvalue weighted by Gasteiger charge is -2.06. The molecule has 0 fully saturated rings. The minimum atomic E-state index is -0.342. The molecule has 0 saturated heterocycles.